The molecule has 0 bridgehead atoms. The van der Waals surface area contributed by atoms with E-state index in [1.54, 1.807) is 12.1 Å². The first-order valence-electron chi connectivity index (χ1n) is 6.37. The Balaban J connectivity index is 2.21. The van der Waals surface area contributed by atoms with Crippen molar-refractivity contribution in [1.29, 1.82) is 0 Å². The molecule has 21 heavy (non-hydrogen) atoms. The van der Waals surface area contributed by atoms with Crippen LogP contribution in [-0.4, -0.2) is 13.5 Å². The zero-order valence-corrected chi connectivity index (χ0v) is 13.9. The van der Waals surface area contributed by atoms with Gasteiger partial charge in [0.05, 0.1) is 11.5 Å². The molecule has 2 N–H and O–H groups in total. The highest BCUT2D eigenvalue weighted by Gasteiger charge is 2.17. The first-order valence-corrected chi connectivity index (χ1v) is 8.65. The molecular formula is C15H16BrNO3S. The number of nitrogens with one attached hydrogen (secondary N) is 1. The van der Waals surface area contributed by atoms with Gasteiger partial charge < -0.3 is 5.11 Å². The molecule has 0 aliphatic carbocycles. The third-order valence-corrected chi connectivity index (χ3v) is 5.56. The first-order chi connectivity index (χ1) is 9.94. The number of aliphatic hydroxyl groups excluding tert-OH is 1. The maximum atomic E-state index is 12.3. The van der Waals surface area contributed by atoms with E-state index in [-0.39, 0.29) is 18.0 Å². The van der Waals surface area contributed by atoms with Crippen LogP contribution >= 0.6 is 15.9 Å². The van der Waals surface area contributed by atoms with Crippen molar-refractivity contribution in [3.63, 3.8) is 0 Å². The van der Waals surface area contributed by atoms with E-state index in [2.05, 4.69) is 20.7 Å². The monoisotopic (exact) mass is 369 g/mol. The van der Waals surface area contributed by atoms with Crippen LogP contribution in [0.1, 0.15) is 16.7 Å². The minimum atomic E-state index is -3.61. The fourth-order valence-corrected chi connectivity index (χ4v) is 4.05. The molecule has 0 fully saturated rings. The third kappa shape index (κ3) is 3.91. The molecule has 0 atom stereocenters. The summed E-state index contributed by atoms with van der Waals surface area (Å²) in [6.45, 7) is 2.05. The summed E-state index contributed by atoms with van der Waals surface area (Å²) in [5, 5.41) is 9.05. The third-order valence-electron chi connectivity index (χ3n) is 3.18. The highest BCUT2D eigenvalue weighted by atomic mass is 79.9. The molecule has 0 aliphatic rings. The van der Waals surface area contributed by atoms with Crippen LogP contribution in [0.25, 0.3) is 0 Å². The lowest BCUT2D eigenvalue weighted by atomic mass is 10.1. The largest absolute Gasteiger partial charge is 0.392 e. The SMILES string of the molecule is Cc1ccccc1CNS(=O)(=O)c1ccc(CO)cc1Br. The van der Waals surface area contributed by atoms with Gasteiger partial charge in [-0.15, -0.1) is 0 Å². The molecule has 2 rings (SSSR count). The second-order valence-corrected chi connectivity index (χ2v) is 7.26. The Bertz CT molecular complexity index is 744. The van der Waals surface area contributed by atoms with Crippen LogP contribution < -0.4 is 4.72 Å². The molecule has 2 aromatic rings. The molecule has 0 saturated carbocycles. The van der Waals surface area contributed by atoms with E-state index in [9.17, 15) is 8.42 Å². The van der Waals surface area contributed by atoms with Gasteiger partial charge in [-0.05, 0) is 51.7 Å². The Morgan fingerprint density at radius 2 is 1.90 bits per heavy atom. The van der Waals surface area contributed by atoms with Crippen LogP contribution in [0, 0.1) is 6.92 Å². The van der Waals surface area contributed by atoms with E-state index < -0.39 is 10.0 Å². The minimum Gasteiger partial charge on any atom is -0.392 e. The van der Waals surface area contributed by atoms with Gasteiger partial charge in [0, 0.05) is 11.0 Å². The summed E-state index contributed by atoms with van der Waals surface area (Å²) in [7, 11) is -3.61. The molecule has 0 radical (unpaired) electrons. The predicted molar refractivity (Wildman–Crippen MR) is 85.3 cm³/mol. The fourth-order valence-electron chi connectivity index (χ4n) is 1.92. The second kappa shape index (κ2) is 6.70. The van der Waals surface area contributed by atoms with Crippen molar-refractivity contribution in [3.05, 3.63) is 63.6 Å². The summed E-state index contributed by atoms with van der Waals surface area (Å²) < 4.78 is 27.7. The Morgan fingerprint density at radius 1 is 1.19 bits per heavy atom. The predicted octanol–water partition coefficient (Wildman–Crippen LogP) is 2.73. The topological polar surface area (TPSA) is 66.4 Å². The van der Waals surface area contributed by atoms with Crippen molar-refractivity contribution < 1.29 is 13.5 Å². The molecule has 4 nitrogen and oxygen atoms in total. The van der Waals surface area contributed by atoms with Crippen LogP contribution in [0.5, 0.6) is 0 Å². The lowest BCUT2D eigenvalue weighted by Crippen LogP contribution is -2.24. The van der Waals surface area contributed by atoms with E-state index in [0.717, 1.165) is 11.1 Å². The fraction of sp³-hybridized carbons (Fsp3) is 0.200. The standard InChI is InChI=1S/C15H16BrNO3S/c1-11-4-2-3-5-13(11)9-17-21(19,20)15-7-6-12(10-18)8-14(15)16/h2-8,17-18H,9-10H2,1H3. The van der Waals surface area contributed by atoms with Crippen LogP contribution in [0.3, 0.4) is 0 Å². The van der Waals surface area contributed by atoms with Crippen molar-refractivity contribution in [2.24, 2.45) is 0 Å². The van der Waals surface area contributed by atoms with Crippen LogP contribution in [0.4, 0.5) is 0 Å². The Morgan fingerprint density at radius 3 is 2.52 bits per heavy atom. The number of aliphatic hydroxyl groups is 1. The molecule has 0 heterocycles. The van der Waals surface area contributed by atoms with Crippen LogP contribution in [0.2, 0.25) is 0 Å². The number of halogens is 1. The van der Waals surface area contributed by atoms with E-state index in [1.807, 2.05) is 31.2 Å². The van der Waals surface area contributed by atoms with Crippen molar-refractivity contribution >= 4 is 26.0 Å². The molecule has 2 aromatic carbocycles. The van der Waals surface area contributed by atoms with E-state index in [0.29, 0.717) is 10.0 Å². The lowest BCUT2D eigenvalue weighted by Gasteiger charge is -2.11. The number of hydrogen-bond donors (Lipinski definition) is 2. The number of sulfonamides is 1. The van der Waals surface area contributed by atoms with Gasteiger partial charge in [-0.3, -0.25) is 0 Å². The van der Waals surface area contributed by atoms with Gasteiger partial charge in [0.2, 0.25) is 10.0 Å². The molecule has 0 unspecified atom stereocenters. The quantitative estimate of drug-likeness (QED) is 0.851. The maximum Gasteiger partial charge on any atom is 0.241 e. The summed E-state index contributed by atoms with van der Waals surface area (Å²) in [5.41, 5.74) is 2.62. The van der Waals surface area contributed by atoms with Crippen molar-refractivity contribution in [2.75, 3.05) is 0 Å². The zero-order chi connectivity index (χ0) is 15.5. The molecular weight excluding hydrogens is 354 g/mol. The van der Waals surface area contributed by atoms with Gasteiger partial charge in [0.15, 0.2) is 0 Å². The average Bonchev–Trinajstić information content (AvgIpc) is 2.46. The smallest absolute Gasteiger partial charge is 0.241 e. The summed E-state index contributed by atoms with van der Waals surface area (Å²) >= 11 is 3.23. The van der Waals surface area contributed by atoms with Gasteiger partial charge in [-0.25, -0.2) is 13.1 Å². The van der Waals surface area contributed by atoms with Crippen molar-refractivity contribution in [1.82, 2.24) is 4.72 Å². The summed E-state index contributed by atoms with van der Waals surface area (Å²) in [6.07, 6.45) is 0. The second-order valence-electron chi connectivity index (χ2n) is 4.67. The van der Waals surface area contributed by atoms with Crippen LogP contribution in [-0.2, 0) is 23.2 Å². The molecule has 6 heteroatoms. The number of benzene rings is 2. The maximum absolute atomic E-state index is 12.3. The lowest BCUT2D eigenvalue weighted by molar-refractivity contribution is 0.281. The number of aryl methyl sites for hydroxylation is 1. The molecule has 0 saturated heterocycles. The minimum absolute atomic E-state index is 0.129. The molecule has 0 amide bonds. The van der Waals surface area contributed by atoms with Gasteiger partial charge in [0.1, 0.15) is 0 Å². The average molecular weight is 370 g/mol. The van der Waals surface area contributed by atoms with Crippen LogP contribution in [0.15, 0.2) is 51.8 Å². The van der Waals surface area contributed by atoms with Gasteiger partial charge in [-0.2, -0.15) is 0 Å². The van der Waals surface area contributed by atoms with E-state index >= 15 is 0 Å². The summed E-state index contributed by atoms with van der Waals surface area (Å²) in [5.74, 6) is 0. The highest BCUT2D eigenvalue weighted by molar-refractivity contribution is 9.10. The normalized spacial score (nSPS) is 11.6. The summed E-state index contributed by atoms with van der Waals surface area (Å²) in [6, 6.07) is 12.3. The molecule has 112 valence electrons. The Hall–Kier alpha value is -1.21. The number of hydrogen-bond acceptors (Lipinski definition) is 3. The Labute approximate surface area is 133 Å². The summed E-state index contributed by atoms with van der Waals surface area (Å²) in [4.78, 5) is 0.160. The van der Waals surface area contributed by atoms with Gasteiger partial charge >= 0.3 is 0 Å². The first kappa shape index (κ1) is 16.2. The number of rotatable bonds is 5. The van der Waals surface area contributed by atoms with Gasteiger partial charge in [-0.1, -0.05) is 30.3 Å². The van der Waals surface area contributed by atoms with Crippen molar-refractivity contribution in [2.45, 2.75) is 25.0 Å². The molecule has 0 aromatic heterocycles. The van der Waals surface area contributed by atoms with Gasteiger partial charge in [0.25, 0.3) is 0 Å². The van der Waals surface area contributed by atoms with E-state index in [1.165, 1.54) is 6.07 Å². The molecule has 0 spiro atoms. The van der Waals surface area contributed by atoms with Crippen molar-refractivity contribution in [3.8, 4) is 0 Å². The molecule has 0 aliphatic heterocycles. The van der Waals surface area contributed by atoms with E-state index in [4.69, 9.17) is 5.11 Å². The zero-order valence-electron chi connectivity index (χ0n) is 11.5. The highest BCUT2D eigenvalue weighted by Crippen LogP contribution is 2.23. The Kier molecular flexibility index (Phi) is 5.16.